The zero-order chi connectivity index (χ0) is 11.6. The van der Waals surface area contributed by atoms with Crippen LogP contribution in [-0.4, -0.2) is 18.8 Å². The van der Waals surface area contributed by atoms with Crippen molar-refractivity contribution in [2.45, 2.75) is 25.5 Å². The molecule has 0 amide bonds. The van der Waals surface area contributed by atoms with Crippen molar-refractivity contribution in [1.82, 2.24) is 5.32 Å². The van der Waals surface area contributed by atoms with Crippen molar-refractivity contribution >= 4 is 23.4 Å². The van der Waals surface area contributed by atoms with Crippen LogP contribution in [0.1, 0.15) is 25.3 Å². The van der Waals surface area contributed by atoms with Gasteiger partial charge < -0.3 is 5.32 Å². The van der Waals surface area contributed by atoms with Gasteiger partial charge in [0.2, 0.25) is 0 Å². The molecule has 1 N–H and O–H groups in total. The quantitative estimate of drug-likeness (QED) is 0.708. The number of hydrogen-bond donors (Lipinski definition) is 1. The monoisotopic (exact) mass is 257 g/mol. The first-order valence-corrected chi connectivity index (χ1v) is 7.39. The molecule has 90 valence electrons. The van der Waals surface area contributed by atoms with E-state index < -0.39 is 0 Å². The normalized spacial score (nSPS) is 10.6. The van der Waals surface area contributed by atoms with Crippen molar-refractivity contribution in [1.29, 1.82) is 0 Å². The summed E-state index contributed by atoms with van der Waals surface area (Å²) in [4.78, 5) is 0. The number of halogens is 1. The van der Waals surface area contributed by atoms with Crippen molar-refractivity contribution in [3.05, 3.63) is 34.9 Å². The molecule has 0 aliphatic carbocycles. The van der Waals surface area contributed by atoms with Gasteiger partial charge in [-0.3, -0.25) is 0 Å². The summed E-state index contributed by atoms with van der Waals surface area (Å²) in [6.45, 7) is 4.48. The van der Waals surface area contributed by atoms with E-state index in [0.717, 1.165) is 23.9 Å². The van der Waals surface area contributed by atoms with Gasteiger partial charge in [-0.05, 0) is 30.7 Å². The molecule has 0 fully saturated rings. The van der Waals surface area contributed by atoms with Gasteiger partial charge in [0.05, 0.1) is 0 Å². The fourth-order valence-electron chi connectivity index (χ4n) is 1.34. The van der Waals surface area contributed by atoms with Crippen LogP contribution in [0.3, 0.4) is 0 Å². The molecule has 1 nitrogen and oxygen atoms in total. The summed E-state index contributed by atoms with van der Waals surface area (Å²) in [6, 6.07) is 8.10. The Morgan fingerprint density at radius 2 is 1.94 bits per heavy atom. The molecule has 1 rings (SSSR count). The fraction of sp³-hybridized carbons (Fsp3) is 0.538. The van der Waals surface area contributed by atoms with Crippen LogP contribution < -0.4 is 5.32 Å². The van der Waals surface area contributed by atoms with Crippen molar-refractivity contribution < 1.29 is 0 Å². The highest BCUT2D eigenvalue weighted by Gasteiger charge is 1.94. The van der Waals surface area contributed by atoms with E-state index in [9.17, 15) is 0 Å². The maximum absolute atomic E-state index is 5.83. The van der Waals surface area contributed by atoms with Gasteiger partial charge in [0.1, 0.15) is 0 Å². The smallest absolute Gasteiger partial charge is 0.0406 e. The van der Waals surface area contributed by atoms with Crippen LogP contribution in [0.15, 0.2) is 24.3 Å². The first-order valence-electron chi connectivity index (χ1n) is 5.86. The molecule has 0 unspecified atom stereocenters. The molecule has 0 aliphatic rings. The van der Waals surface area contributed by atoms with Crippen LogP contribution in [0.5, 0.6) is 0 Å². The van der Waals surface area contributed by atoms with Crippen LogP contribution >= 0.6 is 23.4 Å². The molecule has 0 atom stereocenters. The topological polar surface area (TPSA) is 12.0 Å². The summed E-state index contributed by atoms with van der Waals surface area (Å²) in [6.07, 6.45) is 2.55. The lowest BCUT2D eigenvalue weighted by atomic mass is 10.2. The molecule has 0 radical (unpaired) electrons. The zero-order valence-electron chi connectivity index (χ0n) is 9.84. The summed E-state index contributed by atoms with van der Waals surface area (Å²) in [7, 11) is 0. The predicted octanol–water partition coefficient (Wildman–Crippen LogP) is 3.96. The lowest BCUT2D eigenvalue weighted by Crippen LogP contribution is -2.18. The number of benzene rings is 1. The lowest BCUT2D eigenvalue weighted by Gasteiger charge is -2.04. The van der Waals surface area contributed by atoms with E-state index in [-0.39, 0.29) is 0 Å². The summed E-state index contributed by atoms with van der Waals surface area (Å²) in [5, 5.41) is 4.25. The second-order valence-electron chi connectivity index (χ2n) is 3.78. The van der Waals surface area contributed by atoms with E-state index in [1.165, 1.54) is 24.2 Å². The molecule has 1 aromatic carbocycles. The molecule has 0 aliphatic heterocycles. The van der Waals surface area contributed by atoms with Crippen molar-refractivity contribution in [2.75, 3.05) is 18.8 Å². The van der Waals surface area contributed by atoms with Crippen molar-refractivity contribution in [2.24, 2.45) is 0 Å². The average molecular weight is 258 g/mol. The summed E-state index contributed by atoms with van der Waals surface area (Å²) < 4.78 is 0. The van der Waals surface area contributed by atoms with Crippen molar-refractivity contribution in [3.63, 3.8) is 0 Å². The Kier molecular flexibility index (Phi) is 7.73. The van der Waals surface area contributed by atoms with E-state index in [0.29, 0.717) is 0 Å². The third-order valence-electron chi connectivity index (χ3n) is 2.31. The van der Waals surface area contributed by atoms with Gasteiger partial charge in [-0.25, -0.2) is 0 Å². The zero-order valence-corrected chi connectivity index (χ0v) is 11.4. The first kappa shape index (κ1) is 13.9. The number of nitrogens with one attached hydrogen (secondary N) is 1. The van der Waals surface area contributed by atoms with Gasteiger partial charge in [-0.2, -0.15) is 11.8 Å². The van der Waals surface area contributed by atoms with Crippen LogP contribution in [0, 0.1) is 0 Å². The minimum absolute atomic E-state index is 0.815. The highest BCUT2D eigenvalue weighted by Crippen LogP contribution is 2.14. The number of rotatable bonds is 8. The maximum Gasteiger partial charge on any atom is 0.0406 e. The third kappa shape index (κ3) is 6.41. The molecular formula is C13H20ClNS. The van der Waals surface area contributed by atoms with E-state index >= 15 is 0 Å². The Bertz CT molecular complexity index is 274. The van der Waals surface area contributed by atoms with Gasteiger partial charge in [0.15, 0.2) is 0 Å². The molecular weight excluding hydrogens is 238 g/mol. The molecule has 0 bridgehead atoms. The van der Waals surface area contributed by atoms with Crippen LogP contribution in [0.2, 0.25) is 5.02 Å². The van der Waals surface area contributed by atoms with Gasteiger partial charge in [0, 0.05) is 23.1 Å². The minimum atomic E-state index is 0.815. The van der Waals surface area contributed by atoms with Gasteiger partial charge in [0.25, 0.3) is 0 Å². The molecule has 0 heterocycles. The van der Waals surface area contributed by atoms with Crippen LogP contribution in [0.4, 0.5) is 0 Å². The molecule has 0 saturated heterocycles. The van der Waals surface area contributed by atoms with Crippen LogP contribution in [0.25, 0.3) is 0 Å². The Morgan fingerprint density at radius 3 is 2.62 bits per heavy atom. The Labute approximate surface area is 108 Å². The number of unbranched alkanes of at least 4 members (excludes halogenated alkanes) is 1. The van der Waals surface area contributed by atoms with E-state index in [1.807, 2.05) is 23.9 Å². The summed E-state index contributed by atoms with van der Waals surface area (Å²) in [5.41, 5.74) is 1.35. The third-order valence-corrected chi connectivity index (χ3v) is 3.59. The second kappa shape index (κ2) is 8.91. The molecule has 1 aromatic rings. The van der Waals surface area contributed by atoms with Crippen LogP contribution in [-0.2, 0) is 5.75 Å². The van der Waals surface area contributed by atoms with E-state index in [1.54, 1.807) is 0 Å². The van der Waals surface area contributed by atoms with E-state index in [2.05, 4.69) is 24.4 Å². The highest BCUT2D eigenvalue weighted by molar-refractivity contribution is 7.98. The minimum Gasteiger partial charge on any atom is -0.316 e. The Hall–Kier alpha value is -0.180. The molecule has 0 spiro atoms. The maximum atomic E-state index is 5.83. The second-order valence-corrected chi connectivity index (χ2v) is 5.32. The molecule has 16 heavy (non-hydrogen) atoms. The summed E-state index contributed by atoms with van der Waals surface area (Å²) >= 11 is 7.79. The number of thioether (sulfide) groups is 1. The standard InChI is InChI=1S/C13H20ClNS/c1-2-3-8-15-9-10-16-11-12-4-6-13(14)7-5-12/h4-7,15H,2-3,8-11H2,1H3. The summed E-state index contributed by atoms with van der Waals surface area (Å²) in [5.74, 6) is 2.25. The average Bonchev–Trinajstić information content (AvgIpc) is 2.30. The lowest BCUT2D eigenvalue weighted by molar-refractivity contribution is 0.666. The highest BCUT2D eigenvalue weighted by atomic mass is 35.5. The molecule has 3 heteroatoms. The Morgan fingerprint density at radius 1 is 1.19 bits per heavy atom. The van der Waals surface area contributed by atoms with Gasteiger partial charge in [-0.1, -0.05) is 37.1 Å². The number of hydrogen-bond acceptors (Lipinski definition) is 2. The van der Waals surface area contributed by atoms with Crippen molar-refractivity contribution in [3.8, 4) is 0 Å². The van der Waals surface area contributed by atoms with Gasteiger partial charge in [-0.15, -0.1) is 0 Å². The predicted molar refractivity (Wildman–Crippen MR) is 75.4 cm³/mol. The van der Waals surface area contributed by atoms with E-state index in [4.69, 9.17) is 11.6 Å². The first-order chi connectivity index (χ1) is 7.83. The SMILES string of the molecule is CCCCNCCSCc1ccc(Cl)cc1. The largest absolute Gasteiger partial charge is 0.316 e. The van der Waals surface area contributed by atoms with Gasteiger partial charge >= 0.3 is 0 Å². The molecule has 0 saturated carbocycles. The fourth-order valence-corrected chi connectivity index (χ4v) is 2.33. The Balaban J connectivity index is 2.01. The molecule has 0 aromatic heterocycles.